The molecular formula is C29H37N3O4. The van der Waals surface area contributed by atoms with Gasteiger partial charge in [0, 0.05) is 17.7 Å². The molecule has 7 nitrogen and oxygen atoms in total. The minimum absolute atomic E-state index is 0.0762. The van der Waals surface area contributed by atoms with Gasteiger partial charge in [0.15, 0.2) is 11.5 Å². The Hall–Kier alpha value is -3.48. The average Bonchev–Trinajstić information content (AvgIpc) is 3.37. The number of hydrogen-bond donors (Lipinski definition) is 2. The number of amides is 1. The number of phenolic OH excluding ortho intramolecular Hbond substituents is 1. The summed E-state index contributed by atoms with van der Waals surface area (Å²) in [5.41, 5.74) is 5.34. The van der Waals surface area contributed by atoms with Gasteiger partial charge >= 0.3 is 0 Å². The normalized spacial score (nSPS) is 14.9. The lowest BCUT2D eigenvalue weighted by molar-refractivity contribution is 0.0741. The second-order valence-electron chi connectivity index (χ2n) is 9.43. The molecule has 0 spiro atoms. The molecule has 1 amide bonds. The number of unbranched alkanes of at least 4 members (excludes halogenated alkanes) is 2. The fraction of sp³-hybridized carbons (Fsp3) is 0.448. The first-order chi connectivity index (χ1) is 17.4. The van der Waals surface area contributed by atoms with Crippen molar-refractivity contribution < 1.29 is 19.4 Å². The molecule has 1 atom stereocenters. The zero-order chi connectivity index (χ0) is 25.8. The molecule has 4 rings (SSSR count). The lowest BCUT2D eigenvalue weighted by Crippen LogP contribution is -2.30. The Kier molecular flexibility index (Phi) is 7.87. The summed E-state index contributed by atoms with van der Waals surface area (Å²) < 4.78 is 11.9. The summed E-state index contributed by atoms with van der Waals surface area (Å²) in [6.45, 7) is 11.9. The van der Waals surface area contributed by atoms with E-state index in [1.807, 2.05) is 49.9 Å². The van der Waals surface area contributed by atoms with E-state index in [2.05, 4.69) is 24.0 Å². The van der Waals surface area contributed by atoms with Crippen molar-refractivity contribution in [1.82, 2.24) is 15.1 Å². The van der Waals surface area contributed by atoms with E-state index in [0.29, 0.717) is 48.2 Å². The van der Waals surface area contributed by atoms with E-state index < -0.39 is 0 Å². The number of hydrogen-bond acceptors (Lipinski definition) is 5. The maximum absolute atomic E-state index is 13.5. The smallest absolute Gasteiger partial charge is 0.273 e. The van der Waals surface area contributed by atoms with Crippen LogP contribution in [0, 0.1) is 13.8 Å². The standard InChI is InChI=1S/C29H37N3O4/c1-6-9-13-32-28(20-11-12-22(36-14-10-7-2)23(17-20)35-8-3)25-26(30-31-27(25)29(32)34)24-19(5)15-18(4)16-21(24)33/h11-12,15-17,28,33H,6-10,13-14H2,1-5H3,(H,30,31)/t28-/m0/s1. The van der Waals surface area contributed by atoms with E-state index in [9.17, 15) is 9.90 Å². The van der Waals surface area contributed by atoms with Gasteiger partial charge in [-0.15, -0.1) is 0 Å². The minimum Gasteiger partial charge on any atom is -0.507 e. The first kappa shape index (κ1) is 25.6. The van der Waals surface area contributed by atoms with Crippen molar-refractivity contribution in [1.29, 1.82) is 0 Å². The van der Waals surface area contributed by atoms with E-state index in [-0.39, 0.29) is 17.7 Å². The summed E-state index contributed by atoms with van der Waals surface area (Å²) in [5, 5.41) is 18.4. The zero-order valence-electron chi connectivity index (χ0n) is 22.0. The fourth-order valence-corrected chi connectivity index (χ4v) is 4.95. The number of aromatic nitrogens is 2. The maximum Gasteiger partial charge on any atom is 0.273 e. The summed E-state index contributed by atoms with van der Waals surface area (Å²) >= 11 is 0. The Morgan fingerprint density at radius 1 is 1.03 bits per heavy atom. The number of phenols is 1. The number of carbonyl (C=O) groups is 1. The number of nitrogens with zero attached hydrogens (tertiary/aromatic N) is 2. The number of carbonyl (C=O) groups excluding carboxylic acids is 1. The first-order valence-electron chi connectivity index (χ1n) is 13.0. The number of nitrogens with one attached hydrogen (secondary N) is 1. The van der Waals surface area contributed by atoms with Gasteiger partial charge < -0.3 is 19.5 Å². The van der Waals surface area contributed by atoms with Gasteiger partial charge in [0.05, 0.1) is 19.3 Å². The molecule has 0 aliphatic carbocycles. The van der Waals surface area contributed by atoms with Crippen molar-refractivity contribution in [3.05, 3.63) is 58.3 Å². The van der Waals surface area contributed by atoms with Crippen molar-refractivity contribution in [2.24, 2.45) is 0 Å². The molecule has 2 N–H and O–H groups in total. The molecule has 1 aliphatic rings. The molecule has 0 unspecified atom stereocenters. The second kappa shape index (κ2) is 11.1. The molecule has 0 bridgehead atoms. The van der Waals surface area contributed by atoms with Crippen LogP contribution in [0.5, 0.6) is 17.2 Å². The molecule has 0 saturated carbocycles. The lowest BCUT2D eigenvalue weighted by Gasteiger charge is -2.27. The summed E-state index contributed by atoms with van der Waals surface area (Å²) in [6.07, 6.45) is 3.88. The van der Waals surface area contributed by atoms with E-state index >= 15 is 0 Å². The molecule has 0 radical (unpaired) electrons. The number of aryl methyl sites for hydroxylation is 2. The Balaban J connectivity index is 1.85. The van der Waals surface area contributed by atoms with Gasteiger partial charge in [-0.2, -0.15) is 5.10 Å². The summed E-state index contributed by atoms with van der Waals surface area (Å²) in [5.74, 6) is 1.46. The van der Waals surface area contributed by atoms with Crippen LogP contribution < -0.4 is 9.47 Å². The molecule has 7 heteroatoms. The van der Waals surface area contributed by atoms with E-state index in [0.717, 1.165) is 47.9 Å². The number of ether oxygens (including phenoxy) is 2. The van der Waals surface area contributed by atoms with Crippen molar-refractivity contribution in [2.75, 3.05) is 19.8 Å². The molecule has 1 aliphatic heterocycles. The molecule has 0 saturated heterocycles. The van der Waals surface area contributed by atoms with Crippen LogP contribution >= 0.6 is 0 Å². The second-order valence-corrected chi connectivity index (χ2v) is 9.43. The summed E-state index contributed by atoms with van der Waals surface area (Å²) in [4.78, 5) is 15.4. The van der Waals surface area contributed by atoms with Gasteiger partial charge in [-0.3, -0.25) is 9.89 Å². The molecule has 192 valence electrons. The Labute approximate surface area is 213 Å². The predicted molar refractivity (Wildman–Crippen MR) is 141 cm³/mol. The molecular weight excluding hydrogens is 454 g/mol. The third kappa shape index (κ3) is 4.79. The van der Waals surface area contributed by atoms with Crippen LogP contribution in [0.15, 0.2) is 30.3 Å². The summed E-state index contributed by atoms with van der Waals surface area (Å²) in [6, 6.07) is 9.33. The van der Waals surface area contributed by atoms with Gasteiger partial charge in [-0.1, -0.05) is 38.8 Å². The highest BCUT2D eigenvalue weighted by Gasteiger charge is 2.42. The number of fused-ring (bicyclic) bond motifs is 1. The van der Waals surface area contributed by atoms with Crippen molar-refractivity contribution in [2.45, 2.75) is 66.3 Å². The van der Waals surface area contributed by atoms with E-state index in [1.165, 1.54) is 0 Å². The fourth-order valence-electron chi connectivity index (χ4n) is 4.95. The summed E-state index contributed by atoms with van der Waals surface area (Å²) in [7, 11) is 0. The first-order valence-corrected chi connectivity index (χ1v) is 13.0. The van der Waals surface area contributed by atoms with Crippen LogP contribution in [0.3, 0.4) is 0 Å². The van der Waals surface area contributed by atoms with Crippen LogP contribution in [0.1, 0.15) is 85.2 Å². The van der Waals surface area contributed by atoms with E-state index in [4.69, 9.17) is 9.47 Å². The highest BCUT2D eigenvalue weighted by Crippen LogP contribution is 2.47. The quantitative estimate of drug-likeness (QED) is 0.306. The monoisotopic (exact) mass is 491 g/mol. The Bertz CT molecular complexity index is 1210. The topological polar surface area (TPSA) is 87.7 Å². The van der Waals surface area contributed by atoms with E-state index in [1.54, 1.807) is 6.07 Å². The number of rotatable bonds is 11. The molecule has 0 fully saturated rings. The molecule has 2 heterocycles. The maximum atomic E-state index is 13.5. The third-order valence-electron chi connectivity index (χ3n) is 6.65. The van der Waals surface area contributed by atoms with Crippen molar-refractivity contribution in [3.63, 3.8) is 0 Å². The SMILES string of the molecule is CCCCOc1ccc([C@H]2c3c(-c4c(C)cc(C)cc4O)n[nH]c3C(=O)N2CCCC)cc1OCC. The van der Waals surface area contributed by atoms with Gasteiger partial charge in [0.2, 0.25) is 0 Å². The largest absolute Gasteiger partial charge is 0.507 e. The molecule has 36 heavy (non-hydrogen) atoms. The lowest BCUT2D eigenvalue weighted by atomic mass is 9.93. The van der Waals surface area contributed by atoms with Gasteiger partial charge in [0.1, 0.15) is 17.1 Å². The molecule has 1 aromatic heterocycles. The number of aromatic hydroxyl groups is 1. The number of benzene rings is 2. The van der Waals surface area contributed by atoms with Gasteiger partial charge in [-0.05, 0) is 68.5 Å². The van der Waals surface area contributed by atoms with Crippen LogP contribution in [0.4, 0.5) is 0 Å². The average molecular weight is 492 g/mol. The zero-order valence-corrected chi connectivity index (χ0v) is 22.0. The van der Waals surface area contributed by atoms with Crippen LogP contribution in [-0.4, -0.2) is 45.9 Å². The Morgan fingerprint density at radius 2 is 1.81 bits per heavy atom. The minimum atomic E-state index is -0.350. The molecule has 2 aromatic carbocycles. The van der Waals surface area contributed by atoms with Crippen LogP contribution in [-0.2, 0) is 0 Å². The van der Waals surface area contributed by atoms with Crippen LogP contribution in [0.25, 0.3) is 11.3 Å². The number of aromatic amines is 1. The molecule has 3 aromatic rings. The Morgan fingerprint density at radius 3 is 2.50 bits per heavy atom. The number of H-pyrrole nitrogens is 1. The van der Waals surface area contributed by atoms with Crippen molar-refractivity contribution >= 4 is 5.91 Å². The highest BCUT2D eigenvalue weighted by molar-refractivity contribution is 6.00. The highest BCUT2D eigenvalue weighted by atomic mass is 16.5. The van der Waals surface area contributed by atoms with Gasteiger partial charge in [0.25, 0.3) is 5.91 Å². The van der Waals surface area contributed by atoms with Gasteiger partial charge in [-0.25, -0.2) is 0 Å². The van der Waals surface area contributed by atoms with Crippen molar-refractivity contribution in [3.8, 4) is 28.5 Å². The third-order valence-corrected chi connectivity index (χ3v) is 6.65. The van der Waals surface area contributed by atoms with Crippen LogP contribution in [0.2, 0.25) is 0 Å². The predicted octanol–water partition coefficient (Wildman–Crippen LogP) is 6.32.